The van der Waals surface area contributed by atoms with Crippen LogP contribution in [0.3, 0.4) is 0 Å². The van der Waals surface area contributed by atoms with E-state index in [1.165, 1.54) is 29.8 Å². The van der Waals surface area contributed by atoms with Crippen molar-refractivity contribution < 1.29 is 18.0 Å². The molecule has 0 bridgehead atoms. The predicted octanol–water partition coefficient (Wildman–Crippen LogP) is 2.50. The summed E-state index contributed by atoms with van der Waals surface area (Å²) in [5, 5.41) is 6.16. The maximum atomic E-state index is 12.2. The lowest BCUT2D eigenvalue weighted by Crippen LogP contribution is -2.41. The summed E-state index contributed by atoms with van der Waals surface area (Å²) in [6.45, 7) is 3.25. The van der Waals surface area contributed by atoms with Gasteiger partial charge in [0.1, 0.15) is 0 Å². The highest BCUT2D eigenvalue weighted by Crippen LogP contribution is 2.19. The fourth-order valence-electron chi connectivity index (χ4n) is 3.65. The van der Waals surface area contributed by atoms with Gasteiger partial charge in [0.2, 0.25) is 5.91 Å². The number of carbonyl (C=O) groups excluding carboxylic acids is 2. The highest BCUT2D eigenvalue weighted by Gasteiger charge is 2.20. The summed E-state index contributed by atoms with van der Waals surface area (Å²) in [7, 11) is -3.40. The van der Waals surface area contributed by atoms with E-state index in [0.717, 1.165) is 43.8 Å². The third kappa shape index (κ3) is 7.32. The highest BCUT2D eigenvalue weighted by molar-refractivity contribution is 7.90. The number of hydrogen-bond donors (Lipinski definition) is 2. The number of nitrogens with one attached hydrogen (secondary N) is 2. The van der Waals surface area contributed by atoms with E-state index in [0.29, 0.717) is 12.5 Å². The van der Waals surface area contributed by atoms with Crippen molar-refractivity contribution in [2.45, 2.75) is 24.3 Å². The van der Waals surface area contributed by atoms with Crippen LogP contribution in [0, 0.1) is 5.92 Å². The molecule has 0 unspecified atom stereocenters. The lowest BCUT2D eigenvalue weighted by molar-refractivity contribution is -0.120. The van der Waals surface area contributed by atoms with E-state index in [2.05, 4.69) is 15.5 Å². The predicted molar refractivity (Wildman–Crippen MR) is 124 cm³/mol. The maximum Gasteiger partial charge on any atom is 0.251 e. The minimum absolute atomic E-state index is 0.0667. The highest BCUT2D eigenvalue weighted by atomic mass is 35.5. The smallest absolute Gasteiger partial charge is 0.251 e. The molecule has 1 heterocycles. The molecule has 0 atom stereocenters. The summed E-state index contributed by atoms with van der Waals surface area (Å²) < 4.78 is 23.3. The Morgan fingerprint density at radius 2 is 1.75 bits per heavy atom. The van der Waals surface area contributed by atoms with Crippen molar-refractivity contribution in [3.8, 4) is 0 Å². The number of carbonyl (C=O) groups is 2. The Hall–Kier alpha value is -2.42. The first-order valence-corrected chi connectivity index (χ1v) is 12.8. The molecule has 2 amide bonds. The molecule has 1 aliphatic rings. The molecule has 0 radical (unpaired) electrons. The summed E-state index contributed by atoms with van der Waals surface area (Å²) in [6, 6.07) is 13.6. The summed E-state index contributed by atoms with van der Waals surface area (Å²) in [6.07, 6.45) is 3.08. The van der Waals surface area contributed by atoms with E-state index in [1.807, 2.05) is 24.3 Å². The van der Waals surface area contributed by atoms with Gasteiger partial charge in [-0.15, -0.1) is 0 Å². The van der Waals surface area contributed by atoms with Gasteiger partial charge >= 0.3 is 0 Å². The maximum absolute atomic E-state index is 12.2. The van der Waals surface area contributed by atoms with Crippen molar-refractivity contribution >= 4 is 33.3 Å². The zero-order chi connectivity index (χ0) is 23.1. The van der Waals surface area contributed by atoms with Crippen molar-refractivity contribution in [2.75, 3.05) is 32.4 Å². The van der Waals surface area contributed by atoms with Gasteiger partial charge in [0.05, 0.1) is 11.4 Å². The van der Waals surface area contributed by atoms with Crippen molar-refractivity contribution in [2.24, 2.45) is 5.92 Å². The summed E-state index contributed by atoms with van der Waals surface area (Å²) in [4.78, 5) is 26.8. The molecule has 7 nitrogen and oxygen atoms in total. The molecule has 0 aliphatic carbocycles. The Morgan fingerprint density at radius 1 is 1.06 bits per heavy atom. The molecule has 2 N–H and O–H groups in total. The van der Waals surface area contributed by atoms with Crippen LogP contribution in [-0.4, -0.2) is 57.6 Å². The first kappa shape index (κ1) is 24.2. The average molecular weight is 478 g/mol. The van der Waals surface area contributed by atoms with E-state index in [-0.39, 0.29) is 22.9 Å². The van der Waals surface area contributed by atoms with Gasteiger partial charge in [-0.25, -0.2) is 8.42 Å². The van der Waals surface area contributed by atoms with Crippen LogP contribution in [-0.2, 0) is 21.2 Å². The fourth-order valence-corrected chi connectivity index (χ4v) is 4.44. The van der Waals surface area contributed by atoms with Crippen molar-refractivity contribution in [3.05, 3.63) is 64.7 Å². The Kier molecular flexibility index (Phi) is 8.28. The second-order valence-corrected chi connectivity index (χ2v) is 10.6. The van der Waals surface area contributed by atoms with E-state index in [4.69, 9.17) is 11.6 Å². The van der Waals surface area contributed by atoms with E-state index in [9.17, 15) is 18.0 Å². The normalized spacial score (nSPS) is 15.3. The number of piperidine rings is 1. The van der Waals surface area contributed by atoms with Crippen LogP contribution in [0.4, 0.5) is 0 Å². The standard InChI is InChI=1S/C23H28ClN3O4S/c1-32(30,31)21-4-2-3-19(13-21)23(29)26-15-22(28)25-14-17-9-11-27(12-10-17)16-18-5-7-20(24)8-6-18/h2-8,13,17H,9-12,14-16H2,1H3,(H,25,28)(H,26,29). The second kappa shape index (κ2) is 10.9. The van der Waals surface area contributed by atoms with Crippen LogP contribution in [0.15, 0.2) is 53.4 Å². The number of hydrogen-bond acceptors (Lipinski definition) is 5. The monoisotopic (exact) mass is 477 g/mol. The molecule has 1 fully saturated rings. The zero-order valence-electron chi connectivity index (χ0n) is 18.0. The topological polar surface area (TPSA) is 95.6 Å². The van der Waals surface area contributed by atoms with Crippen molar-refractivity contribution in [1.29, 1.82) is 0 Å². The molecule has 0 aromatic heterocycles. The van der Waals surface area contributed by atoms with Gasteiger partial charge < -0.3 is 10.6 Å². The number of benzene rings is 2. The van der Waals surface area contributed by atoms with Crippen molar-refractivity contribution in [3.63, 3.8) is 0 Å². The minimum atomic E-state index is -3.40. The van der Waals surface area contributed by atoms with E-state index >= 15 is 0 Å². The molecule has 1 aliphatic heterocycles. The van der Waals surface area contributed by atoms with Gasteiger partial charge in [-0.1, -0.05) is 29.8 Å². The molecule has 172 valence electrons. The zero-order valence-corrected chi connectivity index (χ0v) is 19.6. The number of sulfone groups is 1. The number of rotatable bonds is 8. The minimum Gasteiger partial charge on any atom is -0.354 e. The molecule has 3 rings (SSSR count). The summed E-state index contributed by atoms with van der Waals surface area (Å²) in [5.41, 5.74) is 1.44. The molecule has 32 heavy (non-hydrogen) atoms. The van der Waals surface area contributed by atoms with Crippen LogP contribution in [0.1, 0.15) is 28.8 Å². The number of likely N-dealkylation sites (tertiary alicyclic amines) is 1. The summed E-state index contributed by atoms with van der Waals surface area (Å²) >= 11 is 5.93. The van der Waals surface area contributed by atoms with E-state index in [1.54, 1.807) is 0 Å². The van der Waals surface area contributed by atoms with Gasteiger partial charge in [0.15, 0.2) is 9.84 Å². The largest absolute Gasteiger partial charge is 0.354 e. The van der Waals surface area contributed by atoms with Gasteiger partial charge in [-0.05, 0) is 67.7 Å². The quantitative estimate of drug-likeness (QED) is 0.609. The first-order valence-electron chi connectivity index (χ1n) is 10.5. The molecule has 0 saturated carbocycles. The summed E-state index contributed by atoms with van der Waals surface area (Å²) in [5.74, 6) is -0.343. The van der Waals surface area contributed by atoms with Gasteiger partial charge in [-0.3, -0.25) is 14.5 Å². The SMILES string of the molecule is CS(=O)(=O)c1cccc(C(=O)NCC(=O)NCC2CCN(Cc3ccc(Cl)cc3)CC2)c1. The first-order chi connectivity index (χ1) is 15.2. The Bertz CT molecular complexity index is 1050. The lowest BCUT2D eigenvalue weighted by Gasteiger charge is -2.32. The van der Waals surface area contributed by atoms with Crippen LogP contribution < -0.4 is 10.6 Å². The molecule has 1 saturated heterocycles. The van der Waals surface area contributed by atoms with Crippen LogP contribution in [0.2, 0.25) is 5.02 Å². The van der Waals surface area contributed by atoms with Gasteiger partial charge in [0, 0.05) is 29.9 Å². The molecule has 9 heteroatoms. The molecular formula is C23H28ClN3O4S. The van der Waals surface area contributed by atoms with E-state index < -0.39 is 15.7 Å². The molecule has 2 aromatic rings. The molecule has 0 spiro atoms. The van der Waals surface area contributed by atoms with Gasteiger partial charge in [0.25, 0.3) is 5.91 Å². The van der Waals surface area contributed by atoms with Crippen molar-refractivity contribution in [1.82, 2.24) is 15.5 Å². The number of halogens is 1. The van der Waals surface area contributed by atoms with Gasteiger partial charge in [-0.2, -0.15) is 0 Å². The molecular weight excluding hydrogens is 450 g/mol. The Labute approximate surface area is 194 Å². The third-order valence-electron chi connectivity index (χ3n) is 5.55. The Balaban J connectivity index is 1.36. The second-order valence-electron chi connectivity index (χ2n) is 8.13. The van der Waals surface area contributed by atoms with Crippen LogP contribution in [0.25, 0.3) is 0 Å². The fraction of sp³-hybridized carbons (Fsp3) is 0.391. The van der Waals surface area contributed by atoms with Crippen LogP contribution >= 0.6 is 11.6 Å². The Morgan fingerprint density at radius 3 is 2.41 bits per heavy atom. The number of amides is 2. The van der Waals surface area contributed by atoms with Crippen LogP contribution in [0.5, 0.6) is 0 Å². The third-order valence-corrected chi connectivity index (χ3v) is 6.91. The average Bonchev–Trinajstić information content (AvgIpc) is 2.78. The molecule has 2 aromatic carbocycles. The lowest BCUT2D eigenvalue weighted by atomic mass is 9.96. The number of nitrogens with zero attached hydrogens (tertiary/aromatic N) is 1.